The number of carbonyl (C=O) groups is 2. The van der Waals surface area contributed by atoms with Gasteiger partial charge in [-0.3, -0.25) is 9.59 Å². The summed E-state index contributed by atoms with van der Waals surface area (Å²) in [5, 5.41) is 14.0. The van der Waals surface area contributed by atoms with E-state index in [0.717, 1.165) is 5.56 Å². The Balaban J connectivity index is 2.29. The van der Waals surface area contributed by atoms with Crippen LogP contribution in [0.3, 0.4) is 0 Å². The summed E-state index contributed by atoms with van der Waals surface area (Å²) < 4.78 is 0. The summed E-state index contributed by atoms with van der Waals surface area (Å²) in [7, 11) is 0. The molecule has 1 aromatic carbocycles. The van der Waals surface area contributed by atoms with Crippen molar-refractivity contribution in [2.24, 2.45) is 0 Å². The van der Waals surface area contributed by atoms with Crippen LogP contribution >= 0.6 is 11.6 Å². The molecule has 0 spiro atoms. The number of hydrogen-bond acceptors (Lipinski definition) is 3. The lowest BCUT2D eigenvalue weighted by atomic mass is 10.2. The standard InChI is InChI=1S/C14H14ClN3O2/c15-12-4-2-1-3-11(12)5-6-13(19)17-9-10-18-14(20)7-8-16/h1-6H,7,9-10H2,(H,17,19)(H,18,20)/b6-5+. The van der Waals surface area contributed by atoms with E-state index in [-0.39, 0.29) is 24.8 Å². The van der Waals surface area contributed by atoms with Gasteiger partial charge < -0.3 is 10.6 Å². The molecule has 0 aliphatic carbocycles. The van der Waals surface area contributed by atoms with Crippen LogP contribution in [0.5, 0.6) is 0 Å². The molecule has 0 bridgehead atoms. The molecule has 0 fully saturated rings. The first kappa shape index (κ1) is 15.7. The molecule has 0 unspecified atom stereocenters. The van der Waals surface area contributed by atoms with Gasteiger partial charge in [-0.15, -0.1) is 0 Å². The van der Waals surface area contributed by atoms with E-state index in [9.17, 15) is 9.59 Å². The highest BCUT2D eigenvalue weighted by atomic mass is 35.5. The zero-order valence-electron chi connectivity index (χ0n) is 10.7. The molecule has 1 rings (SSSR count). The van der Waals surface area contributed by atoms with Gasteiger partial charge in [0.05, 0.1) is 6.07 Å². The van der Waals surface area contributed by atoms with Crippen LogP contribution in [0.25, 0.3) is 6.08 Å². The summed E-state index contributed by atoms with van der Waals surface area (Å²) in [5.41, 5.74) is 0.756. The largest absolute Gasteiger partial charge is 0.353 e. The molecule has 0 saturated carbocycles. The number of nitriles is 1. The first-order valence-electron chi connectivity index (χ1n) is 5.97. The molecule has 0 saturated heterocycles. The molecule has 0 radical (unpaired) electrons. The number of benzene rings is 1. The summed E-state index contributed by atoms with van der Waals surface area (Å²) in [6.07, 6.45) is 2.81. The molecule has 5 nitrogen and oxygen atoms in total. The molecule has 104 valence electrons. The fraction of sp³-hybridized carbons (Fsp3) is 0.214. The highest BCUT2D eigenvalue weighted by Crippen LogP contribution is 2.15. The van der Waals surface area contributed by atoms with Crippen molar-refractivity contribution in [3.8, 4) is 6.07 Å². The lowest BCUT2D eigenvalue weighted by molar-refractivity contribution is -0.120. The number of nitrogens with one attached hydrogen (secondary N) is 2. The molecule has 0 aliphatic rings. The van der Waals surface area contributed by atoms with Crippen LogP contribution in [-0.2, 0) is 9.59 Å². The third-order valence-electron chi connectivity index (χ3n) is 2.31. The van der Waals surface area contributed by atoms with E-state index in [1.165, 1.54) is 6.08 Å². The highest BCUT2D eigenvalue weighted by molar-refractivity contribution is 6.32. The number of nitrogens with zero attached hydrogens (tertiary/aromatic N) is 1. The lowest BCUT2D eigenvalue weighted by Crippen LogP contribution is -2.33. The third kappa shape index (κ3) is 6.03. The molecule has 2 amide bonds. The molecule has 0 heterocycles. The predicted octanol–water partition coefficient (Wildman–Crippen LogP) is 1.50. The van der Waals surface area contributed by atoms with Gasteiger partial charge in [0.2, 0.25) is 11.8 Å². The fourth-order valence-electron chi connectivity index (χ4n) is 1.36. The van der Waals surface area contributed by atoms with Gasteiger partial charge in [-0.25, -0.2) is 0 Å². The van der Waals surface area contributed by atoms with Crippen molar-refractivity contribution in [2.45, 2.75) is 6.42 Å². The van der Waals surface area contributed by atoms with Gasteiger partial charge in [0, 0.05) is 24.2 Å². The molecule has 6 heteroatoms. The zero-order chi connectivity index (χ0) is 14.8. The van der Waals surface area contributed by atoms with Crippen LogP contribution in [0.4, 0.5) is 0 Å². The van der Waals surface area contributed by atoms with Crippen molar-refractivity contribution < 1.29 is 9.59 Å². The van der Waals surface area contributed by atoms with Gasteiger partial charge in [0.25, 0.3) is 0 Å². The molecule has 1 aromatic rings. The zero-order valence-corrected chi connectivity index (χ0v) is 11.5. The molecular weight excluding hydrogens is 278 g/mol. The highest BCUT2D eigenvalue weighted by Gasteiger charge is 2.00. The minimum Gasteiger partial charge on any atom is -0.353 e. The Bertz CT molecular complexity index is 550. The van der Waals surface area contributed by atoms with E-state index in [1.807, 2.05) is 12.1 Å². The SMILES string of the molecule is N#CCC(=O)NCCNC(=O)/C=C/c1ccccc1Cl. The molecular formula is C14H14ClN3O2. The van der Waals surface area contributed by atoms with Gasteiger partial charge in [0.15, 0.2) is 0 Å². The minimum atomic E-state index is -0.353. The molecule has 0 aliphatic heterocycles. The van der Waals surface area contributed by atoms with Crippen LogP contribution in [0, 0.1) is 11.3 Å². The molecule has 0 atom stereocenters. The van der Waals surface area contributed by atoms with Crippen molar-refractivity contribution in [2.75, 3.05) is 13.1 Å². The summed E-state index contributed by atoms with van der Waals surface area (Å²) in [6, 6.07) is 8.91. The van der Waals surface area contributed by atoms with Crippen molar-refractivity contribution in [1.29, 1.82) is 5.26 Å². The summed E-state index contributed by atoms with van der Waals surface area (Å²) in [5.74, 6) is -0.632. The van der Waals surface area contributed by atoms with Crippen LogP contribution in [0.1, 0.15) is 12.0 Å². The van der Waals surface area contributed by atoms with Gasteiger partial charge in [-0.2, -0.15) is 5.26 Å². The van der Waals surface area contributed by atoms with E-state index in [0.29, 0.717) is 11.6 Å². The second-order valence-electron chi connectivity index (χ2n) is 3.83. The number of halogens is 1. The maximum absolute atomic E-state index is 11.5. The number of rotatable bonds is 6. The van der Waals surface area contributed by atoms with E-state index in [2.05, 4.69) is 10.6 Å². The molecule has 0 aromatic heterocycles. The van der Waals surface area contributed by atoms with Gasteiger partial charge in [-0.1, -0.05) is 29.8 Å². The van der Waals surface area contributed by atoms with E-state index in [4.69, 9.17) is 16.9 Å². The first-order chi connectivity index (χ1) is 9.63. The monoisotopic (exact) mass is 291 g/mol. The Kier molecular flexibility index (Phi) is 6.87. The number of hydrogen-bond donors (Lipinski definition) is 2. The van der Waals surface area contributed by atoms with E-state index >= 15 is 0 Å². The normalized spacial score (nSPS) is 10.0. The second-order valence-corrected chi connectivity index (χ2v) is 4.24. The average molecular weight is 292 g/mol. The van der Waals surface area contributed by atoms with Gasteiger partial charge >= 0.3 is 0 Å². The fourth-order valence-corrected chi connectivity index (χ4v) is 1.56. The maximum Gasteiger partial charge on any atom is 0.244 e. The Morgan fingerprint density at radius 1 is 1.25 bits per heavy atom. The second kappa shape index (κ2) is 8.73. The topological polar surface area (TPSA) is 82.0 Å². The van der Waals surface area contributed by atoms with E-state index < -0.39 is 0 Å². The Labute approximate surface area is 122 Å². The number of carbonyl (C=O) groups excluding carboxylic acids is 2. The van der Waals surface area contributed by atoms with Gasteiger partial charge in [-0.05, 0) is 17.7 Å². The van der Waals surface area contributed by atoms with Crippen LogP contribution < -0.4 is 10.6 Å². The summed E-state index contributed by atoms with van der Waals surface area (Å²) >= 11 is 5.94. The number of amides is 2. The average Bonchev–Trinajstić information content (AvgIpc) is 2.43. The van der Waals surface area contributed by atoms with Crippen molar-refractivity contribution in [3.63, 3.8) is 0 Å². The Morgan fingerprint density at radius 3 is 2.65 bits per heavy atom. The van der Waals surface area contributed by atoms with Crippen molar-refractivity contribution in [3.05, 3.63) is 40.9 Å². The van der Waals surface area contributed by atoms with E-state index in [1.54, 1.807) is 24.3 Å². The minimum absolute atomic E-state index is 0.180. The smallest absolute Gasteiger partial charge is 0.244 e. The van der Waals surface area contributed by atoms with Crippen molar-refractivity contribution in [1.82, 2.24) is 10.6 Å². The Hall–Kier alpha value is -2.32. The van der Waals surface area contributed by atoms with Crippen LogP contribution in [-0.4, -0.2) is 24.9 Å². The summed E-state index contributed by atoms with van der Waals surface area (Å²) in [6.45, 7) is 0.578. The lowest BCUT2D eigenvalue weighted by Gasteiger charge is -2.03. The van der Waals surface area contributed by atoms with Crippen LogP contribution in [0.2, 0.25) is 5.02 Å². The van der Waals surface area contributed by atoms with Crippen LogP contribution in [0.15, 0.2) is 30.3 Å². The molecule has 2 N–H and O–H groups in total. The summed E-state index contributed by atoms with van der Waals surface area (Å²) in [4.78, 5) is 22.5. The predicted molar refractivity (Wildman–Crippen MR) is 76.7 cm³/mol. The molecule has 20 heavy (non-hydrogen) atoms. The quantitative estimate of drug-likeness (QED) is 0.615. The first-order valence-corrected chi connectivity index (χ1v) is 6.35. The van der Waals surface area contributed by atoms with Gasteiger partial charge in [0.1, 0.15) is 6.42 Å². The maximum atomic E-state index is 11.5. The third-order valence-corrected chi connectivity index (χ3v) is 2.65. The van der Waals surface area contributed by atoms with Crippen molar-refractivity contribution >= 4 is 29.5 Å². The Morgan fingerprint density at radius 2 is 1.95 bits per heavy atom.